The fourth-order valence-corrected chi connectivity index (χ4v) is 10.7. The molecule has 5 heteroatoms. The van der Waals surface area contributed by atoms with Gasteiger partial charge in [-0.25, -0.2) is 0 Å². The topological polar surface area (TPSA) is 42.0 Å². The zero-order chi connectivity index (χ0) is 45.4. The van der Waals surface area contributed by atoms with E-state index in [0.29, 0.717) is 0 Å². The molecule has 69 heavy (non-hydrogen) atoms. The van der Waals surface area contributed by atoms with Crippen LogP contribution in [0.2, 0.25) is 0 Å². The molecule has 5 nitrogen and oxygen atoms in total. The molecule has 0 saturated carbocycles. The fraction of sp³-hybridized carbons (Fsp3) is 0.0312. The van der Waals surface area contributed by atoms with Crippen molar-refractivity contribution in [2.45, 2.75) is 12.5 Å². The van der Waals surface area contributed by atoms with Crippen LogP contribution in [0.1, 0.15) is 6.42 Å². The Hall–Kier alpha value is -9.06. The van der Waals surface area contributed by atoms with E-state index < -0.39 is 0 Å². The van der Waals surface area contributed by atoms with Gasteiger partial charge in [-0.1, -0.05) is 158 Å². The number of furan rings is 2. The third-order valence-electron chi connectivity index (χ3n) is 13.9. The highest BCUT2D eigenvalue weighted by Gasteiger charge is 2.26. The Kier molecular flexibility index (Phi) is 8.96. The highest BCUT2D eigenvalue weighted by Crippen LogP contribution is 2.51. The third-order valence-corrected chi connectivity index (χ3v) is 13.9. The van der Waals surface area contributed by atoms with Crippen molar-refractivity contribution in [3.8, 4) is 44.9 Å². The Morgan fingerprint density at radius 2 is 0.957 bits per heavy atom. The van der Waals surface area contributed by atoms with Gasteiger partial charge in [-0.2, -0.15) is 0 Å². The molecule has 1 atom stereocenters. The number of hydrogen-bond donors (Lipinski definition) is 0. The van der Waals surface area contributed by atoms with Crippen LogP contribution < -0.4 is 14.5 Å². The van der Waals surface area contributed by atoms with Crippen LogP contribution in [0.5, 0.6) is 11.5 Å². The van der Waals surface area contributed by atoms with Crippen LogP contribution in [0, 0.1) is 0 Å². The van der Waals surface area contributed by atoms with E-state index in [0.717, 1.165) is 134 Å². The molecule has 2 aliphatic rings. The molecule has 3 heterocycles. The van der Waals surface area contributed by atoms with Gasteiger partial charge in [-0.3, -0.25) is 0 Å². The van der Waals surface area contributed by atoms with E-state index in [-0.39, 0.29) is 6.04 Å². The van der Waals surface area contributed by atoms with Crippen LogP contribution in [0.4, 0.5) is 28.4 Å². The van der Waals surface area contributed by atoms with Gasteiger partial charge in [0.25, 0.3) is 0 Å². The summed E-state index contributed by atoms with van der Waals surface area (Å²) in [5, 5.41) is 6.67. The van der Waals surface area contributed by atoms with E-state index in [1.165, 1.54) is 0 Å². The second-order valence-corrected chi connectivity index (χ2v) is 17.9. The average molecular weight is 887 g/mol. The summed E-state index contributed by atoms with van der Waals surface area (Å²) in [5.74, 6) is 1.65. The third kappa shape index (κ3) is 6.46. The number of hydrogen-bond acceptors (Lipinski definition) is 5. The highest BCUT2D eigenvalue weighted by molar-refractivity contribution is 6.11. The second-order valence-electron chi connectivity index (χ2n) is 17.9. The van der Waals surface area contributed by atoms with Gasteiger partial charge < -0.3 is 23.4 Å². The zero-order valence-corrected chi connectivity index (χ0v) is 37.4. The number of para-hydroxylation sites is 5. The molecule has 12 aromatic rings. The molecule has 0 amide bonds. The maximum absolute atomic E-state index is 7.11. The number of rotatable bonds is 8. The van der Waals surface area contributed by atoms with Gasteiger partial charge in [0.1, 0.15) is 33.8 Å². The predicted molar refractivity (Wildman–Crippen MR) is 285 cm³/mol. The minimum Gasteiger partial charge on any atom is -0.456 e. The van der Waals surface area contributed by atoms with E-state index in [1.54, 1.807) is 0 Å². The first-order valence-corrected chi connectivity index (χ1v) is 23.6. The standard InChI is InChI=1S/C64H42N2O3/c1-3-15-44(16-4-1)65(45-17-5-2-6-18-45)48-36-37-54-55-23-11-14-43-38-49(40-61(62(43)55)67-60(54)39-48)66(46-32-28-41(29-33-46)50-21-12-24-56-52-19-7-9-26-58(52)68-63(50)56)47-34-30-42(31-35-47)51-22-13-25-57-53-20-8-10-27-59(53)69-64(51)57/h1-17,19-40,45H,18H2. The second kappa shape index (κ2) is 15.8. The monoisotopic (exact) mass is 886 g/mol. The van der Waals surface area contributed by atoms with Gasteiger partial charge in [-0.05, 0) is 95.2 Å². The van der Waals surface area contributed by atoms with Crippen LogP contribution in [0.3, 0.4) is 0 Å². The minimum atomic E-state index is 0.172. The number of ether oxygens (including phenoxy) is 1. The zero-order valence-electron chi connectivity index (χ0n) is 37.4. The van der Waals surface area contributed by atoms with Crippen molar-refractivity contribution < 1.29 is 13.6 Å². The van der Waals surface area contributed by atoms with Crippen LogP contribution in [0.15, 0.2) is 245 Å². The lowest BCUT2D eigenvalue weighted by Gasteiger charge is -2.33. The summed E-state index contributed by atoms with van der Waals surface area (Å²) in [4.78, 5) is 4.74. The van der Waals surface area contributed by atoms with Crippen molar-refractivity contribution in [3.05, 3.63) is 237 Å². The van der Waals surface area contributed by atoms with Gasteiger partial charge in [-0.15, -0.1) is 0 Å². The Balaban J connectivity index is 0.894. The highest BCUT2D eigenvalue weighted by atomic mass is 16.5. The van der Waals surface area contributed by atoms with Crippen molar-refractivity contribution in [3.63, 3.8) is 0 Å². The summed E-state index contributed by atoms with van der Waals surface area (Å²) in [6.07, 6.45) is 9.71. The summed E-state index contributed by atoms with van der Waals surface area (Å²) in [5.41, 5.74) is 15.3. The molecule has 2 aromatic heterocycles. The van der Waals surface area contributed by atoms with Gasteiger partial charge in [0, 0.05) is 78.5 Å². The van der Waals surface area contributed by atoms with E-state index in [4.69, 9.17) is 13.6 Å². The van der Waals surface area contributed by atoms with E-state index in [2.05, 4.69) is 222 Å². The van der Waals surface area contributed by atoms with Gasteiger partial charge in [0.05, 0.1) is 11.7 Å². The Bertz CT molecular complexity index is 3870. The molecule has 0 N–H and O–H groups in total. The van der Waals surface area contributed by atoms with Crippen LogP contribution in [0.25, 0.3) is 88.0 Å². The number of fused-ring (bicyclic) bond motifs is 8. The number of benzene rings is 10. The van der Waals surface area contributed by atoms with Crippen LogP contribution >= 0.6 is 0 Å². The molecule has 0 bridgehead atoms. The minimum absolute atomic E-state index is 0.172. The van der Waals surface area contributed by atoms with Gasteiger partial charge >= 0.3 is 0 Å². The summed E-state index contributed by atoms with van der Waals surface area (Å²) in [6, 6.07) is 75.5. The normalized spacial score (nSPS) is 13.9. The van der Waals surface area contributed by atoms with Crippen molar-refractivity contribution >= 4 is 83.1 Å². The van der Waals surface area contributed by atoms with Gasteiger partial charge in [0.2, 0.25) is 0 Å². The van der Waals surface area contributed by atoms with E-state index in [1.807, 2.05) is 24.3 Å². The van der Waals surface area contributed by atoms with E-state index >= 15 is 0 Å². The first kappa shape index (κ1) is 39.1. The molecule has 1 unspecified atom stereocenters. The smallest absolute Gasteiger partial charge is 0.143 e. The van der Waals surface area contributed by atoms with Crippen molar-refractivity contribution in [1.82, 2.24) is 0 Å². The lowest BCUT2D eigenvalue weighted by Crippen LogP contribution is -2.29. The maximum atomic E-state index is 7.11. The van der Waals surface area contributed by atoms with Crippen LogP contribution in [-0.2, 0) is 0 Å². The Morgan fingerprint density at radius 1 is 0.391 bits per heavy atom. The summed E-state index contributed by atoms with van der Waals surface area (Å²) in [7, 11) is 0. The first-order chi connectivity index (χ1) is 34.2. The van der Waals surface area contributed by atoms with Crippen molar-refractivity contribution in [2.75, 3.05) is 9.80 Å². The molecule has 0 saturated heterocycles. The van der Waals surface area contributed by atoms with E-state index in [9.17, 15) is 0 Å². The molecular formula is C64H42N2O3. The maximum Gasteiger partial charge on any atom is 0.143 e. The number of nitrogens with zero attached hydrogens (tertiary/aromatic N) is 2. The van der Waals surface area contributed by atoms with Crippen LogP contribution in [-0.4, -0.2) is 6.04 Å². The SMILES string of the molecule is C1=CCC(N(c2ccccc2)c2ccc3c(c2)Oc2cc(N(c4ccc(-c5cccc6c5oc5ccccc56)cc4)c4ccc(-c5cccc6c5oc5ccccc56)cc4)cc4cccc-3c24)C=C1. The lowest BCUT2D eigenvalue weighted by molar-refractivity contribution is 0.487. The predicted octanol–water partition coefficient (Wildman–Crippen LogP) is 18.2. The molecule has 14 rings (SSSR count). The lowest BCUT2D eigenvalue weighted by atomic mass is 9.93. The molecular weight excluding hydrogens is 845 g/mol. The number of allylic oxidation sites excluding steroid dienone is 2. The molecule has 10 aromatic carbocycles. The first-order valence-electron chi connectivity index (χ1n) is 23.6. The molecule has 326 valence electrons. The Morgan fingerprint density at radius 3 is 1.59 bits per heavy atom. The fourth-order valence-electron chi connectivity index (χ4n) is 10.7. The number of anilines is 5. The molecule has 0 fully saturated rings. The summed E-state index contributed by atoms with van der Waals surface area (Å²) in [6.45, 7) is 0. The largest absolute Gasteiger partial charge is 0.456 e. The average Bonchev–Trinajstić information content (AvgIpc) is 3.99. The van der Waals surface area contributed by atoms with Crippen molar-refractivity contribution in [2.24, 2.45) is 0 Å². The molecule has 1 aliphatic heterocycles. The molecule has 1 aliphatic carbocycles. The van der Waals surface area contributed by atoms with Gasteiger partial charge in [0.15, 0.2) is 0 Å². The molecule has 0 spiro atoms. The molecule has 0 radical (unpaired) electrons. The quantitative estimate of drug-likeness (QED) is 0.152. The summed E-state index contributed by atoms with van der Waals surface area (Å²) >= 11 is 0. The van der Waals surface area contributed by atoms with Crippen molar-refractivity contribution in [1.29, 1.82) is 0 Å². The summed E-state index contributed by atoms with van der Waals surface area (Å²) < 4.78 is 20.1. The Labute approximate surface area is 398 Å².